The van der Waals surface area contributed by atoms with Crippen molar-refractivity contribution in [1.82, 2.24) is 5.32 Å². The van der Waals surface area contributed by atoms with Crippen molar-refractivity contribution in [3.8, 4) is 0 Å². The third-order valence-electron chi connectivity index (χ3n) is 12.3. The monoisotopic (exact) mass is 852 g/mol. The Morgan fingerprint density at radius 3 is 1.35 bits per heavy atom. The van der Waals surface area contributed by atoms with Crippen LogP contribution in [-0.2, 0) is 14.3 Å². The Morgan fingerprint density at radius 1 is 0.550 bits per heavy atom. The van der Waals surface area contributed by atoms with Gasteiger partial charge in [-0.15, -0.1) is 0 Å². The highest BCUT2D eigenvalue weighted by molar-refractivity contribution is 5.76. The van der Waals surface area contributed by atoms with Gasteiger partial charge in [0.1, 0.15) is 24.4 Å². The van der Waals surface area contributed by atoms with Crippen molar-refractivity contribution >= 4 is 5.91 Å². The van der Waals surface area contributed by atoms with Crippen LogP contribution in [0.15, 0.2) is 24.3 Å². The van der Waals surface area contributed by atoms with Gasteiger partial charge in [0.05, 0.1) is 25.4 Å². The lowest BCUT2D eigenvalue weighted by molar-refractivity contribution is -0.302. The molecule has 0 bridgehead atoms. The molecule has 1 saturated heterocycles. The second-order valence-electron chi connectivity index (χ2n) is 18.0. The first-order chi connectivity index (χ1) is 29.3. The number of carbonyl (C=O) groups excluding carboxylic acids is 1. The van der Waals surface area contributed by atoms with Gasteiger partial charge in [-0.25, -0.2) is 0 Å². The Labute approximate surface area is 369 Å². The number of hydrogen-bond acceptors (Lipinski definition) is 8. The summed E-state index contributed by atoms with van der Waals surface area (Å²) in [5.74, 6) is -0.179. The minimum atomic E-state index is -1.56. The zero-order valence-corrected chi connectivity index (χ0v) is 39.0. The normalized spacial score (nSPS) is 20.7. The molecule has 0 saturated carbocycles. The summed E-state index contributed by atoms with van der Waals surface area (Å²) in [6, 6.07) is -0.803. The van der Waals surface area contributed by atoms with Crippen LogP contribution in [0, 0.1) is 0 Å². The van der Waals surface area contributed by atoms with Crippen molar-refractivity contribution in [1.29, 1.82) is 0 Å². The van der Waals surface area contributed by atoms with E-state index in [2.05, 4.69) is 31.3 Å². The van der Waals surface area contributed by atoms with Crippen LogP contribution < -0.4 is 5.32 Å². The van der Waals surface area contributed by atoms with Gasteiger partial charge in [-0.1, -0.05) is 212 Å². The molecule has 60 heavy (non-hydrogen) atoms. The Morgan fingerprint density at radius 2 is 0.933 bits per heavy atom. The number of ether oxygens (including phenoxy) is 2. The van der Waals surface area contributed by atoms with Gasteiger partial charge in [0.2, 0.25) is 5.91 Å². The van der Waals surface area contributed by atoms with Crippen LogP contribution >= 0.6 is 0 Å². The van der Waals surface area contributed by atoms with Crippen molar-refractivity contribution in [2.45, 2.75) is 281 Å². The molecule has 0 spiro atoms. The standard InChI is InChI=1S/C51H97NO8/c1-3-5-7-9-11-13-15-17-18-19-20-21-22-23-24-25-26-27-29-31-33-35-37-39-41-47(55)52-44(43-59-51-50(58)49(57)48(56)46(42-53)60-51)45(54)40-38-36-34-32-30-28-16-14-12-10-8-6-4-2/h23-24,38,40,44-46,48-51,53-54,56-58H,3-22,25-37,39,41-43H2,1-2H3,(H,52,55)/b24-23-,40-38+. The number of carbonyl (C=O) groups is 1. The minimum absolute atomic E-state index is 0.179. The molecule has 1 aliphatic rings. The first-order valence-electron chi connectivity index (χ1n) is 25.6. The van der Waals surface area contributed by atoms with E-state index in [4.69, 9.17) is 9.47 Å². The van der Waals surface area contributed by atoms with E-state index in [-0.39, 0.29) is 12.5 Å². The lowest BCUT2D eigenvalue weighted by Gasteiger charge is -2.40. The lowest BCUT2D eigenvalue weighted by Crippen LogP contribution is -2.60. The van der Waals surface area contributed by atoms with Crippen molar-refractivity contribution in [2.24, 2.45) is 0 Å². The van der Waals surface area contributed by atoms with E-state index in [9.17, 15) is 30.3 Å². The fraction of sp³-hybridized carbons (Fsp3) is 0.902. The van der Waals surface area contributed by atoms with Gasteiger partial charge >= 0.3 is 0 Å². The predicted molar refractivity (Wildman–Crippen MR) is 249 cm³/mol. The summed E-state index contributed by atoms with van der Waals surface area (Å²) in [5.41, 5.74) is 0. The van der Waals surface area contributed by atoms with E-state index in [1.54, 1.807) is 6.08 Å². The molecule has 1 aliphatic heterocycles. The number of allylic oxidation sites excluding steroid dienone is 3. The highest BCUT2D eigenvalue weighted by Gasteiger charge is 2.44. The average Bonchev–Trinajstić information content (AvgIpc) is 3.25. The number of aliphatic hydroxyl groups is 5. The highest BCUT2D eigenvalue weighted by Crippen LogP contribution is 2.23. The van der Waals surface area contributed by atoms with Crippen molar-refractivity contribution in [2.75, 3.05) is 13.2 Å². The zero-order valence-electron chi connectivity index (χ0n) is 39.0. The van der Waals surface area contributed by atoms with E-state index in [0.717, 1.165) is 38.5 Å². The molecule has 0 aromatic heterocycles. The van der Waals surface area contributed by atoms with Crippen molar-refractivity contribution in [3.05, 3.63) is 24.3 Å². The van der Waals surface area contributed by atoms with E-state index < -0.39 is 49.5 Å². The van der Waals surface area contributed by atoms with Gasteiger partial charge in [-0.2, -0.15) is 0 Å². The van der Waals surface area contributed by atoms with Crippen molar-refractivity contribution < 1.29 is 39.8 Å². The van der Waals surface area contributed by atoms with Crippen LogP contribution in [-0.4, -0.2) is 87.5 Å². The Bertz CT molecular complexity index is 992. The predicted octanol–water partition coefficient (Wildman–Crippen LogP) is 11.5. The molecular formula is C51H97NO8. The van der Waals surface area contributed by atoms with Gasteiger partial charge in [0, 0.05) is 6.42 Å². The van der Waals surface area contributed by atoms with E-state index in [1.807, 2.05) is 6.08 Å². The summed E-state index contributed by atoms with van der Waals surface area (Å²) in [5, 5.41) is 54.3. The lowest BCUT2D eigenvalue weighted by atomic mass is 9.99. The molecule has 1 rings (SSSR count). The van der Waals surface area contributed by atoms with Gasteiger partial charge in [-0.3, -0.25) is 4.79 Å². The zero-order chi connectivity index (χ0) is 43.7. The summed E-state index contributed by atoms with van der Waals surface area (Å²) in [6.45, 7) is 3.78. The second kappa shape index (κ2) is 41.7. The maximum Gasteiger partial charge on any atom is 0.220 e. The first kappa shape index (κ1) is 56.7. The molecule has 1 fully saturated rings. The van der Waals surface area contributed by atoms with Crippen LogP contribution in [0.25, 0.3) is 0 Å². The van der Waals surface area contributed by atoms with Crippen LogP contribution in [0.2, 0.25) is 0 Å². The van der Waals surface area contributed by atoms with Crippen molar-refractivity contribution in [3.63, 3.8) is 0 Å². The minimum Gasteiger partial charge on any atom is -0.394 e. The summed E-state index contributed by atoms with van der Waals surface area (Å²) in [7, 11) is 0. The first-order valence-corrected chi connectivity index (χ1v) is 25.6. The Hall–Kier alpha value is -1.33. The van der Waals surface area contributed by atoms with Gasteiger partial charge < -0.3 is 40.3 Å². The molecule has 7 unspecified atom stereocenters. The summed E-state index contributed by atoms with van der Waals surface area (Å²) in [6.07, 6.45) is 43.7. The van der Waals surface area contributed by atoms with Crippen LogP contribution in [0.3, 0.4) is 0 Å². The molecule has 0 aliphatic carbocycles. The quantitative estimate of drug-likeness (QED) is 0.0262. The Kier molecular flexibility index (Phi) is 39.4. The molecule has 1 heterocycles. The number of hydrogen-bond donors (Lipinski definition) is 6. The number of aliphatic hydroxyl groups excluding tert-OH is 5. The van der Waals surface area contributed by atoms with E-state index in [1.165, 1.54) is 180 Å². The second-order valence-corrected chi connectivity index (χ2v) is 18.0. The topological polar surface area (TPSA) is 149 Å². The fourth-order valence-corrected chi connectivity index (χ4v) is 8.15. The third-order valence-corrected chi connectivity index (χ3v) is 12.3. The van der Waals surface area contributed by atoms with Gasteiger partial charge in [0.25, 0.3) is 0 Å². The molecular weight excluding hydrogens is 755 g/mol. The van der Waals surface area contributed by atoms with E-state index in [0.29, 0.717) is 6.42 Å². The summed E-state index contributed by atoms with van der Waals surface area (Å²) >= 11 is 0. The molecule has 6 N–H and O–H groups in total. The Balaban J connectivity index is 2.25. The average molecular weight is 852 g/mol. The molecule has 9 nitrogen and oxygen atoms in total. The molecule has 354 valence electrons. The number of nitrogens with one attached hydrogen (secondary N) is 1. The fourth-order valence-electron chi connectivity index (χ4n) is 8.15. The molecule has 0 radical (unpaired) electrons. The van der Waals surface area contributed by atoms with Crippen LogP contribution in [0.1, 0.15) is 239 Å². The van der Waals surface area contributed by atoms with E-state index >= 15 is 0 Å². The molecule has 1 amide bonds. The largest absolute Gasteiger partial charge is 0.394 e. The molecule has 7 atom stereocenters. The SMILES string of the molecule is CCCCCCCCCCCCC/C=C/C(O)C(COC1OC(CO)C(O)C(O)C1O)NC(=O)CCCCCCCCCC/C=C\CCCCCCCCCCCCCC. The van der Waals surface area contributed by atoms with Gasteiger partial charge in [-0.05, 0) is 44.9 Å². The maximum atomic E-state index is 13.0. The van der Waals surface area contributed by atoms with Crippen LogP contribution in [0.5, 0.6) is 0 Å². The highest BCUT2D eigenvalue weighted by atomic mass is 16.7. The number of amides is 1. The van der Waals surface area contributed by atoms with Gasteiger partial charge in [0.15, 0.2) is 6.29 Å². The number of unbranched alkanes of at least 4 members (excludes halogenated alkanes) is 31. The third kappa shape index (κ3) is 31.5. The summed E-state index contributed by atoms with van der Waals surface area (Å²) < 4.78 is 11.2. The molecule has 0 aromatic rings. The molecule has 9 heteroatoms. The summed E-state index contributed by atoms with van der Waals surface area (Å²) in [4.78, 5) is 13.0. The number of rotatable bonds is 43. The van der Waals surface area contributed by atoms with Crippen LogP contribution in [0.4, 0.5) is 0 Å². The smallest absolute Gasteiger partial charge is 0.220 e. The maximum absolute atomic E-state index is 13.0. The molecule has 0 aromatic carbocycles.